The number of hydrogen-bond acceptors (Lipinski definition) is 2. The lowest BCUT2D eigenvalue weighted by Crippen LogP contribution is -2.42. The highest BCUT2D eigenvalue weighted by Gasteiger charge is 2.16. The zero-order chi connectivity index (χ0) is 22.2. The predicted molar refractivity (Wildman–Crippen MR) is 122 cm³/mol. The molecule has 0 atom stereocenters. The van der Waals surface area contributed by atoms with Gasteiger partial charge in [0.25, 0.3) is 0 Å². The minimum Gasteiger partial charge on any atom is -0.336 e. The number of benzene rings is 3. The first-order chi connectivity index (χ1) is 14.9. The molecule has 0 aromatic heterocycles. The summed E-state index contributed by atoms with van der Waals surface area (Å²) in [6.45, 7) is 4.25. The molecule has 3 aromatic carbocycles. The Hall–Kier alpha value is -3.87. The average Bonchev–Trinajstić information content (AvgIpc) is 2.75. The lowest BCUT2D eigenvalue weighted by Gasteiger charge is -2.23. The number of carbonyl (C=O) groups excluding carboxylic acids is 2. The summed E-state index contributed by atoms with van der Waals surface area (Å²) in [5, 5.41) is 8.43. The Bertz CT molecular complexity index is 1020. The van der Waals surface area contributed by atoms with Crippen LogP contribution in [0.2, 0.25) is 0 Å². The van der Waals surface area contributed by atoms with Crippen LogP contribution in [0.1, 0.15) is 11.1 Å². The van der Waals surface area contributed by atoms with Crippen molar-refractivity contribution in [2.75, 3.05) is 28.6 Å². The van der Waals surface area contributed by atoms with Crippen molar-refractivity contribution >= 4 is 29.1 Å². The van der Waals surface area contributed by atoms with Gasteiger partial charge < -0.3 is 16.0 Å². The summed E-state index contributed by atoms with van der Waals surface area (Å²) in [4.78, 5) is 26.6. The first-order valence-corrected chi connectivity index (χ1v) is 9.94. The number of nitrogens with one attached hydrogen (secondary N) is 3. The molecule has 160 valence electrons. The molecule has 0 radical (unpaired) electrons. The van der Waals surface area contributed by atoms with Crippen LogP contribution in [0.15, 0.2) is 72.8 Å². The molecule has 3 rings (SSSR count). The molecule has 0 spiro atoms. The zero-order valence-electron chi connectivity index (χ0n) is 17.5. The van der Waals surface area contributed by atoms with Crippen molar-refractivity contribution in [2.45, 2.75) is 13.8 Å². The van der Waals surface area contributed by atoms with Gasteiger partial charge >= 0.3 is 12.1 Å². The van der Waals surface area contributed by atoms with Crippen LogP contribution < -0.4 is 20.9 Å². The van der Waals surface area contributed by atoms with Gasteiger partial charge in [0.05, 0.1) is 0 Å². The van der Waals surface area contributed by atoms with E-state index in [1.165, 1.54) is 29.2 Å². The minimum absolute atomic E-state index is 0.199. The van der Waals surface area contributed by atoms with Crippen molar-refractivity contribution in [2.24, 2.45) is 0 Å². The fraction of sp³-hybridized carbons (Fsp3) is 0.167. The molecule has 0 fully saturated rings. The number of amides is 4. The van der Waals surface area contributed by atoms with Crippen LogP contribution in [0.25, 0.3) is 0 Å². The summed E-state index contributed by atoms with van der Waals surface area (Å²) >= 11 is 0. The molecule has 0 saturated carbocycles. The average molecular weight is 420 g/mol. The van der Waals surface area contributed by atoms with E-state index in [1.807, 2.05) is 50.2 Å². The number of hydrogen-bond donors (Lipinski definition) is 3. The van der Waals surface area contributed by atoms with Crippen molar-refractivity contribution in [3.05, 3.63) is 89.7 Å². The molecule has 0 aliphatic heterocycles. The molecule has 0 heterocycles. The Morgan fingerprint density at radius 3 is 2.13 bits per heavy atom. The molecule has 31 heavy (non-hydrogen) atoms. The predicted octanol–water partition coefficient (Wildman–Crippen LogP) is 5.30. The highest BCUT2D eigenvalue weighted by atomic mass is 19.1. The quantitative estimate of drug-likeness (QED) is 0.506. The largest absolute Gasteiger partial charge is 0.336 e. The summed E-state index contributed by atoms with van der Waals surface area (Å²) in [5.74, 6) is -0.390. The van der Waals surface area contributed by atoms with Gasteiger partial charge in [0.1, 0.15) is 5.82 Å². The number of halogens is 1. The van der Waals surface area contributed by atoms with E-state index in [0.717, 1.165) is 16.8 Å². The second-order valence-corrected chi connectivity index (χ2v) is 7.07. The lowest BCUT2D eigenvalue weighted by atomic mass is 10.1. The molecule has 7 heteroatoms. The van der Waals surface area contributed by atoms with E-state index in [1.54, 1.807) is 12.1 Å². The molecule has 6 nitrogen and oxygen atoms in total. The second kappa shape index (κ2) is 10.2. The highest BCUT2D eigenvalue weighted by Crippen LogP contribution is 2.19. The van der Waals surface area contributed by atoms with Crippen molar-refractivity contribution in [3.63, 3.8) is 0 Å². The molecule has 0 bridgehead atoms. The maximum Gasteiger partial charge on any atom is 0.326 e. The van der Waals surface area contributed by atoms with Crippen molar-refractivity contribution in [1.82, 2.24) is 5.32 Å². The fourth-order valence-electron chi connectivity index (χ4n) is 3.13. The minimum atomic E-state index is -0.390. The maximum atomic E-state index is 13.3. The van der Waals surface area contributed by atoms with Crippen LogP contribution in [-0.2, 0) is 0 Å². The summed E-state index contributed by atoms with van der Waals surface area (Å²) < 4.78 is 13.3. The van der Waals surface area contributed by atoms with E-state index in [2.05, 4.69) is 16.0 Å². The monoisotopic (exact) mass is 420 g/mol. The van der Waals surface area contributed by atoms with Crippen LogP contribution in [0.5, 0.6) is 0 Å². The first-order valence-electron chi connectivity index (χ1n) is 9.94. The second-order valence-electron chi connectivity index (χ2n) is 7.07. The van der Waals surface area contributed by atoms with E-state index in [4.69, 9.17) is 0 Å². The number of nitrogens with zero attached hydrogens (tertiary/aromatic N) is 1. The van der Waals surface area contributed by atoms with E-state index in [-0.39, 0.29) is 25.2 Å². The van der Waals surface area contributed by atoms with Crippen molar-refractivity contribution < 1.29 is 14.0 Å². The van der Waals surface area contributed by atoms with Gasteiger partial charge in [-0.15, -0.1) is 0 Å². The molecular weight excluding hydrogens is 395 g/mol. The van der Waals surface area contributed by atoms with Gasteiger partial charge in [-0.1, -0.05) is 36.4 Å². The van der Waals surface area contributed by atoms with Crippen LogP contribution in [0.4, 0.5) is 31.0 Å². The molecule has 0 unspecified atom stereocenters. The Kier molecular flexibility index (Phi) is 7.22. The van der Waals surface area contributed by atoms with E-state index in [0.29, 0.717) is 11.4 Å². The summed E-state index contributed by atoms with van der Waals surface area (Å²) in [6.07, 6.45) is 0. The molecule has 4 amide bonds. The SMILES string of the molecule is Cc1cccc(C)c1NC(=O)NCCN(C(=O)Nc1ccccc1)c1ccc(F)cc1. The zero-order valence-corrected chi connectivity index (χ0v) is 17.5. The van der Waals surface area contributed by atoms with Gasteiger partial charge in [0.15, 0.2) is 0 Å². The fourth-order valence-corrected chi connectivity index (χ4v) is 3.13. The normalized spacial score (nSPS) is 10.3. The van der Waals surface area contributed by atoms with Gasteiger partial charge in [-0.3, -0.25) is 4.90 Å². The van der Waals surface area contributed by atoms with Crippen LogP contribution in [-0.4, -0.2) is 25.2 Å². The van der Waals surface area contributed by atoms with Gasteiger partial charge in [-0.05, 0) is 61.4 Å². The van der Waals surface area contributed by atoms with Gasteiger partial charge in [-0.25, -0.2) is 14.0 Å². The lowest BCUT2D eigenvalue weighted by molar-refractivity contribution is 0.250. The Morgan fingerprint density at radius 2 is 1.48 bits per heavy atom. The third-order valence-electron chi connectivity index (χ3n) is 4.75. The van der Waals surface area contributed by atoms with Crippen molar-refractivity contribution in [3.8, 4) is 0 Å². The first kappa shape index (κ1) is 21.8. The Balaban J connectivity index is 1.65. The summed E-state index contributed by atoms with van der Waals surface area (Å²) in [7, 11) is 0. The third kappa shape index (κ3) is 6.05. The molecular formula is C24H25FN4O2. The van der Waals surface area contributed by atoms with Crippen LogP contribution in [0.3, 0.4) is 0 Å². The number of aryl methyl sites for hydroxylation is 2. The van der Waals surface area contributed by atoms with Crippen molar-refractivity contribution in [1.29, 1.82) is 0 Å². The number of carbonyl (C=O) groups is 2. The molecule has 3 N–H and O–H groups in total. The topological polar surface area (TPSA) is 73.5 Å². The molecule has 0 aliphatic carbocycles. The number of anilines is 3. The number of rotatable bonds is 6. The van der Waals surface area contributed by atoms with Gasteiger partial charge in [0, 0.05) is 30.2 Å². The number of urea groups is 2. The van der Waals surface area contributed by atoms with E-state index in [9.17, 15) is 14.0 Å². The molecule has 0 aliphatic rings. The van der Waals surface area contributed by atoms with E-state index >= 15 is 0 Å². The Labute approximate surface area is 181 Å². The van der Waals surface area contributed by atoms with Crippen LogP contribution in [0, 0.1) is 19.7 Å². The molecule has 3 aromatic rings. The highest BCUT2D eigenvalue weighted by molar-refractivity contribution is 6.01. The van der Waals surface area contributed by atoms with E-state index < -0.39 is 5.82 Å². The Morgan fingerprint density at radius 1 is 0.839 bits per heavy atom. The van der Waals surface area contributed by atoms with Crippen LogP contribution >= 0.6 is 0 Å². The number of para-hydroxylation sites is 2. The summed E-state index contributed by atoms with van der Waals surface area (Å²) in [6, 6.07) is 19.7. The van der Waals surface area contributed by atoms with Gasteiger partial charge in [0.2, 0.25) is 0 Å². The standard InChI is InChI=1S/C24H25FN4O2/c1-17-7-6-8-18(2)22(17)28-23(30)26-15-16-29(21-13-11-19(25)12-14-21)24(31)27-20-9-4-3-5-10-20/h3-14H,15-16H2,1-2H3,(H,27,31)(H2,26,28,30). The smallest absolute Gasteiger partial charge is 0.326 e. The van der Waals surface area contributed by atoms with Gasteiger partial charge in [-0.2, -0.15) is 0 Å². The maximum absolute atomic E-state index is 13.3. The molecule has 0 saturated heterocycles. The third-order valence-corrected chi connectivity index (χ3v) is 4.75. The summed E-state index contributed by atoms with van der Waals surface area (Å²) in [5.41, 5.74) is 3.85.